The Bertz CT molecular complexity index is 631. The zero-order valence-electron chi connectivity index (χ0n) is 12.2. The Morgan fingerprint density at radius 2 is 2.05 bits per heavy atom. The first kappa shape index (κ1) is 14.2. The first-order chi connectivity index (χ1) is 9.52. The average molecular weight is 272 g/mol. The second-order valence-electron chi connectivity index (χ2n) is 5.00. The summed E-state index contributed by atoms with van der Waals surface area (Å²) >= 11 is 0. The zero-order valence-corrected chi connectivity index (χ0v) is 12.2. The summed E-state index contributed by atoms with van der Waals surface area (Å²) in [5.74, 6) is 0.543. The fourth-order valence-electron chi connectivity index (χ4n) is 1.94. The maximum Gasteiger partial charge on any atom is 0.250 e. The molecule has 2 N–H and O–H groups in total. The SMILES string of the molecule is CCCCC(=O)n1nc(-c2ccc(C)c(C)c2)nc1N. The van der Waals surface area contributed by atoms with Crippen LogP contribution in [0.4, 0.5) is 5.95 Å². The van der Waals surface area contributed by atoms with Gasteiger partial charge in [0.25, 0.3) is 0 Å². The van der Waals surface area contributed by atoms with Gasteiger partial charge in [0.2, 0.25) is 11.9 Å². The summed E-state index contributed by atoms with van der Waals surface area (Å²) in [5.41, 5.74) is 9.03. The number of nitrogens with zero attached hydrogens (tertiary/aromatic N) is 3. The monoisotopic (exact) mass is 272 g/mol. The van der Waals surface area contributed by atoms with Gasteiger partial charge in [0.15, 0.2) is 5.82 Å². The molecular weight excluding hydrogens is 252 g/mol. The highest BCUT2D eigenvalue weighted by Crippen LogP contribution is 2.20. The van der Waals surface area contributed by atoms with Crippen LogP contribution < -0.4 is 5.73 Å². The molecule has 1 heterocycles. The van der Waals surface area contributed by atoms with Gasteiger partial charge >= 0.3 is 0 Å². The maximum absolute atomic E-state index is 12.0. The summed E-state index contributed by atoms with van der Waals surface area (Å²) in [6, 6.07) is 5.96. The molecule has 0 aliphatic carbocycles. The summed E-state index contributed by atoms with van der Waals surface area (Å²) in [6.45, 7) is 6.12. The van der Waals surface area contributed by atoms with Crippen molar-refractivity contribution in [3.8, 4) is 11.4 Å². The van der Waals surface area contributed by atoms with Crippen molar-refractivity contribution in [2.24, 2.45) is 0 Å². The van der Waals surface area contributed by atoms with Gasteiger partial charge in [-0.2, -0.15) is 9.67 Å². The molecule has 0 spiro atoms. The molecule has 20 heavy (non-hydrogen) atoms. The van der Waals surface area contributed by atoms with Gasteiger partial charge < -0.3 is 5.73 Å². The number of hydrogen-bond donors (Lipinski definition) is 1. The smallest absolute Gasteiger partial charge is 0.250 e. The molecule has 2 rings (SSSR count). The molecule has 5 heteroatoms. The van der Waals surface area contributed by atoms with Crippen LogP contribution in [0, 0.1) is 13.8 Å². The minimum atomic E-state index is -0.105. The number of benzene rings is 1. The van der Waals surface area contributed by atoms with E-state index in [9.17, 15) is 4.79 Å². The van der Waals surface area contributed by atoms with Crippen molar-refractivity contribution in [1.29, 1.82) is 0 Å². The predicted molar refractivity (Wildman–Crippen MR) is 79.5 cm³/mol. The van der Waals surface area contributed by atoms with Crippen molar-refractivity contribution >= 4 is 11.9 Å². The molecule has 0 aliphatic rings. The van der Waals surface area contributed by atoms with E-state index in [4.69, 9.17) is 5.73 Å². The molecule has 2 aromatic rings. The van der Waals surface area contributed by atoms with Gasteiger partial charge in [0, 0.05) is 12.0 Å². The molecule has 0 amide bonds. The van der Waals surface area contributed by atoms with Crippen molar-refractivity contribution in [3.05, 3.63) is 29.3 Å². The number of aromatic nitrogens is 3. The number of anilines is 1. The normalized spacial score (nSPS) is 10.8. The standard InChI is InChI=1S/C15H20N4O/c1-4-5-6-13(20)19-15(16)17-14(18-19)12-8-7-10(2)11(3)9-12/h7-9H,4-6H2,1-3H3,(H2,16,17,18). The number of rotatable bonds is 4. The number of unbranched alkanes of at least 4 members (excludes halogenated alkanes) is 1. The van der Waals surface area contributed by atoms with Crippen molar-refractivity contribution < 1.29 is 4.79 Å². The Balaban J connectivity index is 2.30. The fraction of sp³-hybridized carbons (Fsp3) is 0.400. The highest BCUT2D eigenvalue weighted by molar-refractivity contribution is 5.81. The Morgan fingerprint density at radius 3 is 2.70 bits per heavy atom. The molecule has 0 unspecified atom stereocenters. The lowest BCUT2D eigenvalue weighted by Gasteiger charge is -2.01. The van der Waals surface area contributed by atoms with Crippen molar-refractivity contribution in [1.82, 2.24) is 14.8 Å². The van der Waals surface area contributed by atoms with E-state index in [0.29, 0.717) is 12.2 Å². The third-order valence-corrected chi connectivity index (χ3v) is 3.38. The van der Waals surface area contributed by atoms with E-state index >= 15 is 0 Å². The van der Waals surface area contributed by atoms with Crippen molar-refractivity contribution in [2.45, 2.75) is 40.0 Å². The van der Waals surface area contributed by atoms with E-state index in [1.165, 1.54) is 10.2 Å². The van der Waals surface area contributed by atoms with Crippen LogP contribution in [0.15, 0.2) is 18.2 Å². The third-order valence-electron chi connectivity index (χ3n) is 3.38. The van der Waals surface area contributed by atoms with Gasteiger partial charge in [-0.05, 0) is 37.5 Å². The van der Waals surface area contributed by atoms with Gasteiger partial charge in [-0.15, -0.1) is 5.10 Å². The number of nitrogens with two attached hydrogens (primary N) is 1. The molecule has 0 fully saturated rings. The molecule has 0 aliphatic heterocycles. The maximum atomic E-state index is 12.0. The Labute approximate surface area is 118 Å². The highest BCUT2D eigenvalue weighted by Gasteiger charge is 2.14. The predicted octanol–water partition coefficient (Wildman–Crippen LogP) is 2.97. The van der Waals surface area contributed by atoms with Crippen molar-refractivity contribution in [3.63, 3.8) is 0 Å². The van der Waals surface area contributed by atoms with E-state index in [2.05, 4.69) is 10.1 Å². The topological polar surface area (TPSA) is 73.8 Å². The first-order valence-corrected chi connectivity index (χ1v) is 6.86. The van der Waals surface area contributed by atoms with Crippen molar-refractivity contribution in [2.75, 3.05) is 5.73 Å². The molecule has 106 valence electrons. The van der Waals surface area contributed by atoms with Crippen LogP contribution in [0.5, 0.6) is 0 Å². The second-order valence-corrected chi connectivity index (χ2v) is 5.00. The zero-order chi connectivity index (χ0) is 14.7. The number of carbonyl (C=O) groups is 1. The van der Waals surface area contributed by atoms with E-state index in [1.54, 1.807) is 0 Å². The fourth-order valence-corrected chi connectivity index (χ4v) is 1.94. The molecule has 0 saturated heterocycles. The summed E-state index contributed by atoms with van der Waals surface area (Å²) in [6.07, 6.45) is 2.23. The van der Waals surface area contributed by atoms with Crippen LogP contribution in [-0.2, 0) is 0 Å². The van der Waals surface area contributed by atoms with E-state index < -0.39 is 0 Å². The van der Waals surface area contributed by atoms with Crippen LogP contribution in [0.3, 0.4) is 0 Å². The average Bonchev–Trinajstić information content (AvgIpc) is 2.81. The van der Waals surface area contributed by atoms with Crippen LogP contribution in [-0.4, -0.2) is 20.7 Å². The summed E-state index contributed by atoms with van der Waals surface area (Å²) in [4.78, 5) is 16.2. The number of aryl methyl sites for hydroxylation is 2. The van der Waals surface area contributed by atoms with Crippen LogP contribution >= 0.6 is 0 Å². The lowest BCUT2D eigenvalue weighted by molar-refractivity contribution is 0.0887. The van der Waals surface area contributed by atoms with Gasteiger partial charge in [0.05, 0.1) is 0 Å². The second kappa shape index (κ2) is 5.86. The van der Waals surface area contributed by atoms with Crippen LogP contribution in [0.2, 0.25) is 0 Å². The molecule has 1 aromatic heterocycles. The summed E-state index contributed by atoms with van der Waals surface area (Å²) < 4.78 is 1.21. The minimum absolute atomic E-state index is 0.105. The summed E-state index contributed by atoms with van der Waals surface area (Å²) in [7, 11) is 0. The van der Waals surface area contributed by atoms with Gasteiger partial charge in [0.1, 0.15) is 0 Å². The number of nitrogen functional groups attached to an aromatic ring is 1. The van der Waals surface area contributed by atoms with E-state index in [1.807, 2.05) is 39.0 Å². The highest BCUT2D eigenvalue weighted by atomic mass is 16.2. The molecule has 0 atom stereocenters. The van der Waals surface area contributed by atoms with Gasteiger partial charge in [-0.3, -0.25) is 4.79 Å². The molecule has 5 nitrogen and oxygen atoms in total. The molecule has 0 saturated carbocycles. The van der Waals surface area contributed by atoms with Crippen LogP contribution in [0.1, 0.15) is 42.1 Å². The third kappa shape index (κ3) is 2.87. The molecular formula is C15H20N4O. The van der Waals surface area contributed by atoms with Gasteiger partial charge in [-0.1, -0.05) is 25.5 Å². The Morgan fingerprint density at radius 1 is 1.30 bits per heavy atom. The first-order valence-electron chi connectivity index (χ1n) is 6.86. The van der Waals surface area contributed by atoms with Crippen LogP contribution in [0.25, 0.3) is 11.4 Å². The molecule has 0 bridgehead atoms. The minimum Gasteiger partial charge on any atom is -0.368 e. The quantitative estimate of drug-likeness (QED) is 0.928. The molecule has 1 aromatic carbocycles. The lowest BCUT2D eigenvalue weighted by Crippen LogP contribution is -2.14. The van der Waals surface area contributed by atoms with Gasteiger partial charge in [-0.25, -0.2) is 0 Å². The number of hydrogen-bond acceptors (Lipinski definition) is 4. The number of carbonyl (C=O) groups excluding carboxylic acids is 1. The van der Waals surface area contributed by atoms with E-state index in [-0.39, 0.29) is 11.9 Å². The summed E-state index contributed by atoms with van der Waals surface area (Å²) in [5, 5.41) is 4.23. The molecule has 0 radical (unpaired) electrons. The Kier molecular flexibility index (Phi) is 4.17. The lowest BCUT2D eigenvalue weighted by atomic mass is 10.1. The van der Waals surface area contributed by atoms with E-state index in [0.717, 1.165) is 24.0 Å². The Hall–Kier alpha value is -2.17. The largest absolute Gasteiger partial charge is 0.368 e.